The van der Waals surface area contributed by atoms with E-state index in [4.69, 9.17) is 0 Å². The van der Waals surface area contributed by atoms with Gasteiger partial charge in [0.05, 0.1) is 7.11 Å². The number of H-pyrrole nitrogens is 1. The van der Waals surface area contributed by atoms with Gasteiger partial charge in [-0.25, -0.2) is 4.79 Å². The molecule has 0 aromatic carbocycles. The highest BCUT2D eigenvalue weighted by atomic mass is 16.5. The number of aromatic nitrogens is 1. The normalized spacial score (nSPS) is 10.0. The Morgan fingerprint density at radius 2 is 2.20 bits per heavy atom. The molecule has 0 spiro atoms. The number of hydrogen-bond acceptors (Lipinski definition) is 3. The van der Waals surface area contributed by atoms with Gasteiger partial charge in [-0.2, -0.15) is 0 Å². The van der Waals surface area contributed by atoms with E-state index in [0.717, 1.165) is 25.0 Å². The summed E-state index contributed by atoms with van der Waals surface area (Å²) in [5.41, 5.74) is 0.530. The lowest BCUT2D eigenvalue weighted by atomic mass is 10.1. The number of unbranched alkanes of at least 4 members (excludes halogenated alkanes) is 1. The van der Waals surface area contributed by atoms with E-state index in [9.17, 15) is 9.59 Å². The Morgan fingerprint density at radius 3 is 2.73 bits per heavy atom. The fourth-order valence-corrected chi connectivity index (χ4v) is 1.30. The van der Waals surface area contributed by atoms with Gasteiger partial charge in [-0.15, -0.1) is 0 Å². The van der Waals surface area contributed by atoms with Crippen LogP contribution in [0.25, 0.3) is 0 Å². The molecule has 0 bridgehead atoms. The van der Waals surface area contributed by atoms with Gasteiger partial charge in [0.25, 0.3) is 5.56 Å². The molecular weight excluding hydrogens is 194 g/mol. The van der Waals surface area contributed by atoms with Crippen LogP contribution in [0.3, 0.4) is 0 Å². The standard InChI is InChI=1S/C11H15NO3/c1-3-4-5-8-6-7-9(10(13)12-8)11(14)15-2/h6-7H,3-5H2,1-2H3,(H,12,13). The maximum Gasteiger partial charge on any atom is 0.343 e. The van der Waals surface area contributed by atoms with E-state index in [0.29, 0.717) is 0 Å². The quantitative estimate of drug-likeness (QED) is 0.764. The fourth-order valence-electron chi connectivity index (χ4n) is 1.30. The van der Waals surface area contributed by atoms with Crippen molar-refractivity contribution in [1.82, 2.24) is 4.98 Å². The maximum absolute atomic E-state index is 11.4. The van der Waals surface area contributed by atoms with Crippen molar-refractivity contribution in [1.29, 1.82) is 0 Å². The van der Waals surface area contributed by atoms with Crippen LogP contribution < -0.4 is 5.56 Å². The van der Waals surface area contributed by atoms with Gasteiger partial charge in [-0.3, -0.25) is 4.79 Å². The number of pyridine rings is 1. The number of aryl methyl sites for hydroxylation is 1. The second-order valence-corrected chi connectivity index (χ2v) is 3.32. The number of carbonyl (C=O) groups is 1. The van der Waals surface area contributed by atoms with Crippen LogP contribution in [0.5, 0.6) is 0 Å². The van der Waals surface area contributed by atoms with Crippen molar-refractivity contribution in [3.8, 4) is 0 Å². The number of methoxy groups -OCH3 is 1. The Morgan fingerprint density at radius 1 is 1.47 bits per heavy atom. The Labute approximate surface area is 88.3 Å². The molecule has 4 nitrogen and oxygen atoms in total. The minimum atomic E-state index is -0.599. The summed E-state index contributed by atoms with van der Waals surface area (Å²) >= 11 is 0. The third kappa shape index (κ3) is 2.94. The molecule has 0 aliphatic rings. The molecule has 15 heavy (non-hydrogen) atoms. The van der Waals surface area contributed by atoms with Crippen LogP contribution >= 0.6 is 0 Å². The zero-order valence-electron chi connectivity index (χ0n) is 9.00. The predicted octanol–water partition coefficient (Wildman–Crippen LogP) is 1.50. The average molecular weight is 209 g/mol. The van der Waals surface area contributed by atoms with Crippen molar-refractivity contribution in [2.45, 2.75) is 26.2 Å². The summed E-state index contributed by atoms with van der Waals surface area (Å²) in [7, 11) is 1.26. The van der Waals surface area contributed by atoms with Crippen LogP contribution in [0.2, 0.25) is 0 Å². The van der Waals surface area contributed by atoms with E-state index in [-0.39, 0.29) is 11.1 Å². The van der Waals surface area contributed by atoms with Crippen LogP contribution in [-0.4, -0.2) is 18.1 Å². The van der Waals surface area contributed by atoms with Crippen LogP contribution in [0.1, 0.15) is 35.8 Å². The van der Waals surface area contributed by atoms with Crippen molar-refractivity contribution < 1.29 is 9.53 Å². The van der Waals surface area contributed by atoms with Crippen LogP contribution in [0.15, 0.2) is 16.9 Å². The van der Waals surface area contributed by atoms with Gasteiger partial charge in [0.15, 0.2) is 0 Å². The molecule has 4 heteroatoms. The van der Waals surface area contributed by atoms with Crippen molar-refractivity contribution in [2.24, 2.45) is 0 Å². The number of hydrogen-bond donors (Lipinski definition) is 1. The molecule has 1 rings (SSSR count). The lowest BCUT2D eigenvalue weighted by Crippen LogP contribution is -2.19. The summed E-state index contributed by atoms with van der Waals surface area (Å²) in [4.78, 5) is 25.2. The van der Waals surface area contributed by atoms with Gasteiger partial charge >= 0.3 is 5.97 Å². The largest absolute Gasteiger partial charge is 0.465 e. The summed E-state index contributed by atoms with van der Waals surface area (Å²) in [6.45, 7) is 2.08. The van der Waals surface area contributed by atoms with E-state index in [1.165, 1.54) is 13.2 Å². The number of carbonyl (C=O) groups excluding carboxylic acids is 1. The molecule has 0 aliphatic carbocycles. The predicted molar refractivity (Wildman–Crippen MR) is 57.0 cm³/mol. The van der Waals surface area contributed by atoms with E-state index in [1.54, 1.807) is 6.07 Å². The van der Waals surface area contributed by atoms with Crippen molar-refractivity contribution in [3.05, 3.63) is 33.7 Å². The Balaban J connectivity index is 2.88. The first-order valence-electron chi connectivity index (χ1n) is 4.99. The molecule has 82 valence electrons. The summed E-state index contributed by atoms with van der Waals surface area (Å²) < 4.78 is 4.48. The average Bonchev–Trinajstić information content (AvgIpc) is 2.25. The molecule has 0 atom stereocenters. The molecule has 1 heterocycles. The Hall–Kier alpha value is -1.58. The zero-order chi connectivity index (χ0) is 11.3. The summed E-state index contributed by atoms with van der Waals surface area (Å²) in [5, 5.41) is 0. The van der Waals surface area contributed by atoms with Crippen LogP contribution in [0.4, 0.5) is 0 Å². The molecule has 0 amide bonds. The monoisotopic (exact) mass is 209 g/mol. The summed E-state index contributed by atoms with van der Waals surface area (Å²) in [5.74, 6) is -0.599. The first kappa shape index (κ1) is 11.5. The second kappa shape index (κ2) is 5.34. The van der Waals surface area contributed by atoms with Crippen molar-refractivity contribution in [3.63, 3.8) is 0 Å². The van der Waals surface area contributed by atoms with Crippen LogP contribution in [-0.2, 0) is 11.2 Å². The zero-order valence-corrected chi connectivity index (χ0v) is 9.00. The van der Waals surface area contributed by atoms with E-state index in [2.05, 4.69) is 16.6 Å². The first-order valence-corrected chi connectivity index (χ1v) is 4.99. The van der Waals surface area contributed by atoms with Crippen LogP contribution in [0, 0.1) is 0 Å². The number of ether oxygens (including phenoxy) is 1. The molecule has 0 aliphatic heterocycles. The van der Waals surface area contributed by atoms with Gasteiger partial charge < -0.3 is 9.72 Å². The van der Waals surface area contributed by atoms with E-state index >= 15 is 0 Å². The number of aromatic amines is 1. The third-order valence-electron chi connectivity index (χ3n) is 2.17. The van der Waals surface area contributed by atoms with E-state index < -0.39 is 5.97 Å². The van der Waals surface area contributed by atoms with Gasteiger partial charge in [0.1, 0.15) is 5.56 Å². The van der Waals surface area contributed by atoms with Gasteiger partial charge in [-0.1, -0.05) is 13.3 Å². The minimum absolute atomic E-state index is 0.0535. The maximum atomic E-state index is 11.4. The molecule has 1 aromatic heterocycles. The SMILES string of the molecule is CCCCc1ccc(C(=O)OC)c(=O)[nH]1. The topological polar surface area (TPSA) is 59.2 Å². The summed E-state index contributed by atoms with van der Waals surface area (Å²) in [6, 6.07) is 3.26. The minimum Gasteiger partial charge on any atom is -0.465 e. The molecule has 0 saturated heterocycles. The van der Waals surface area contributed by atoms with E-state index in [1.807, 2.05) is 0 Å². The van der Waals surface area contributed by atoms with Gasteiger partial charge in [-0.05, 0) is 25.0 Å². The van der Waals surface area contributed by atoms with Crippen molar-refractivity contribution >= 4 is 5.97 Å². The molecule has 1 N–H and O–H groups in total. The molecule has 0 fully saturated rings. The lowest BCUT2D eigenvalue weighted by molar-refractivity contribution is 0.0598. The number of rotatable bonds is 4. The highest BCUT2D eigenvalue weighted by molar-refractivity contribution is 5.88. The lowest BCUT2D eigenvalue weighted by Gasteiger charge is -2.01. The molecule has 0 unspecified atom stereocenters. The first-order chi connectivity index (χ1) is 7.19. The number of esters is 1. The molecular formula is C11H15NO3. The number of nitrogens with one attached hydrogen (secondary N) is 1. The van der Waals surface area contributed by atoms with Crippen molar-refractivity contribution in [2.75, 3.05) is 7.11 Å². The summed E-state index contributed by atoms with van der Waals surface area (Å²) in [6.07, 6.45) is 2.92. The highest BCUT2D eigenvalue weighted by Gasteiger charge is 2.10. The fraction of sp³-hybridized carbons (Fsp3) is 0.455. The Bertz CT molecular complexity index is 395. The highest BCUT2D eigenvalue weighted by Crippen LogP contribution is 2.01. The third-order valence-corrected chi connectivity index (χ3v) is 2.17. The second-order valence-electron chi connectivity index (χ2n) is 3.32. The smallest absolute Gasteiger partial charge is 0.343 e. The van der Waals surface area contributed by atoms with Gasteiger partial charge in [0.2, 0.25) is 0 Å². The molecule has 0 radical (unpaired) electrons. The molecule has 0 saturated carbocycles. The Kier molecular flexibility index (Phi) is 4.09. The van der Waals surface area contributed by atoms with Gasteiger partial charge in [0, 0.05) is 5.69 Å². The molecule has 1 aromatic rings.